The van der Waals surface area contributed by atoms with Gasteiger partial charge in [-0.25, -0.2) is 15.0 Å². The van der Waals surface area contributed by atoms with Crippen LogP contribution < -0.4 is 0 Å². The van der Waals surface area contributed by atoms with Crippen LogP contribution in [0.25, 0.3) is 0 Å². The summed E-state index contributed by atoms with van der Waals surface area (Å²) in [4.78, 5) is 12.4. The first-order valence-corrected chi connectivity index (χ1v) is 5.60. The molecule has 5 nitrogen and oxygen atoms in total. The van der Waals surface area contributed by atoms with Gasteiger partial charge in [-0.15, -0.1) is 0 Å². The zero-order chi connectivity index (χ0) is 12.3. The molecule has 2 heterocycles. The van der Waals surface area contributed by atoms with Gasteiger partial charge < -0.3 is 9.67 Å². The average molecular weight is 232 g/mol. The highest BCUT2D eigenvalue weighted by atomic mass is 16.3. The molecule has 90 valence electrons. The monoisotopic (exact) mass is 232 g/mol. The third-order valence-corrected chi connectivity index (χ3v) is 2.70. The van der Waals surface area contributed by atoms with Gasteiger partial charge in [-0.1, -0.05) is 0 Å². The molecular weight excluding hydrogens is 216 g/mol. The van der Waals surface area contributed by atoms with Crippen molar-refractivity contribution in [1.82, 2.24) is 19.5 Å². The van der Waals surface area contributed by atoms with Crippen LogP contribution in [0.3, 0.4) is 0 Å². The summed E-state index contributed by atoms with van der Waals surface area (Å²) in [6.07, 6.45) is 6.11. The molecule has 0 amide bonds. The normalized spacial score (nSPS) is 12.6. The molecular formula is C12H16N4O. The highest BCUT2D eigenvalue weighted by Gasteiger charge is 2.11. The predicted molar refractivity (Wildman–Crippen MR) is 63.3 cm³/mol. The molecule has 0 bridgehead atoms. The fourth-order valence-electron chi connectivity index (χ4n) is 1.71. The van der Waals surface area contributed by atoms with Crippen LogP contribution in [0, 0.1) is 6.92 Å². The number of imidazole rings is 1. The first kappa shape index (κ1) is 11.7. The average Bonchev–Trinajstić information content (AvgIpc) is 2.72. The maximum absolute atomic E-state index is 10.0. The van der Waals surface area contributed by atoms with E-state index in [-0.39, 0.29) is 0 Å². The Labute approximate surface area is 100 Å². The number of aromatic nitrogens is 4. The maximum atomic E-state index is 10.0. The molecule has 0 saturated carbocycles. The van der Waals surface area contributed by atoms with Crippen molar-refractivity contribution in [3.8, 4) is 0 Å². The molecule has 0 aromatic carbocycles. The van der Waals surface area contributed by atoms with Crippen LogP contribution in [0.1, 0.15) is 29.9 Å². The van der Waals surface area contributed by atoms with Gasteiger partial charge in [-0.2, -0.15) is 0 Å². The standard InChI is InChI=1S/C12H16N4O/c1-9-13-6-5-10(15-9)11(17)3-4-12-14-7-8-16(12)2/h5-8,11,17H,3-4H2,1-2H3. The summed E-state index contributed by atoms with van der Waals surface area (Å²) in [6, 6.07) is 1.75. The lowest BCUT2D eigenvalue weighted by Crippen LogP contribution is -2.06. The molecule has 0 fully saturated rings. The second-order valence-electron chi connectivity index (χ2n) is 4.04. The zero-order valence-electron chi connectivity index (χ0n) is 10.0. The summed E-state index contributed by atoms with van der Waals surface area (Å²) in [6.45, 7) is 1.81. The molecule has 2 aromatic heterocycles. The topological polar surface area (TPSA) is 63.8 Å². The van der Waals surface area contributed by atoms with Crippen molar-refractivity contribution in [2.75, 3.05) is 0 Å². The summed E-state index contributed by atoms with van der Waals surface area (Å²) in [5, 5.41) is 10.0. The van der Waals surface area contributed by atoms with Gasteiger partial charge in [-0.3, -0.25) is 0 Å². The maximum Gasteiger partial charge on any atom is 0.125 e. The van der Waals surface area contributed by atoms with Crippen molar-refractivity contribution in [2.24, 2.45) is 7.05 Å². The Kier molecular flexibility index (Phi) is 3.49. The van der Waals surface area contributed by atoms with Crippen molar-refractivity contribution in [2.45, 2.75) is 25.9 Å². The number of nitrogens with zero attached hydrogens (tertiary/aromatic N) is 4. The Morgan fingerprint density at radius 3 is 2.82 bits per heavy atom. The molecule has 1 atom stereocenters. The summed E-state index contributed by atoms with van der Waals surface area (Å²) in [5.41, 5.74) is 0.673. The lowest BCUT2D eigenvalue weighted by molar-refractivity contribution is 0.161. The van der Waals surface area contributed by atoms with Gasteiger partial charge in [0.05, 0.1) is 11.8 Å². The van der Waals surface area contributed by atoms with Crippen molar-refractivity contribution >= 4 is 0 Å². The largest absolute Gasteiger partial charge is 0.387 e. The fraction of sp³-hybridized carbons (Fsp3) is 0.417. The Balaban J connectivity index is 1.98. The van der Waals surface area contributed by atoms with E-state index in [1.807, 2.05) is 24.7 Å². The first-order valence-electron chi connectivity index (χ1n) is 5.60. The Hall–Kier alpha value is -1.75. The quantitative estimate of drug-likeness (QED) is 0.860. The molecule has 0 spiro atoms. The number of aliphatic hydroxyl groups excluding tert-OH is 1. The number of aryl methyl sites for hydroxylation is 3. The van der Waals surface area contributed by atoms with Crippen LogP contribution in [-0.2, 0) is 13.5 Å². The Bertz CT molecular complexity index is 495. The van der Waals surface area contributed by atoms with Gasteiger partial charge in [0.25, 0.3) is 0 Å². The SMILES string of the molecule is Cc1nccc(C(O)CCc2nccn2C)n1. The molecule has 0 aliphatic heterocycles. The molecule has 17 heavy (non-hydrogen) atoms. The van der Waals surface area contributed by atoms with Gasteiger partial charge in [0, 0.05) is 32.1 Å². The van der Waals surface area contributed by atoms with E-state index in [2.05, 4.69) is 15.0 Å². The van der Waals surface area contributed by atoms with E-state index < -0.39 is 6.10 Å². The minimum absolute atomic E-state index is 0.562. The number of hydrogen-bond donors (Lipinski definition) is 1. The van der Waals surface area contributed by atoms with Crippen LogP contribution in [0.4, 0.5) is 0 Å². The van der Waals surface area contributed by atoms with Gasteiger partial charge in [0.2, 0.25) is 0 Å². The molecule has 1 N–H and O–H groups in total. The van der Waals surface area contributed by atoms with Crippen molar-refractivity contribution < 1.29 is 5.11 Å². The van der Waals surface area contributed by atoms with E-state index in [0.29, 0.717) is 17.9 Å². The Morgan fingerprint density at radius 1 is 1.35 bits per heavy atom. The smallest absolute Gasteiger partial charge is 0.125 e. The van der Waals surface area contributed by atoms with Crippen molar-refractivity contribution in [1.29, 1.82) is 0 Å². The van der Waals surface area contributed by atoms with E-state index >= 15 is 0 Å². The van der Waals surface area contributed by atoms with Crippen molar-refractivity contribution in [3.05, 3.63) is 42.0 Å². The number of rotatable bonds is 4. The summed E-state index contributed by atoms with van der Waals surface area (Å²) in [5.74, 6) is 1.65. The van der Waals surface area contributed by atoms with E-state index in [4.69, 9.17) is 0 Å². The summed E-state index contributed by atoms with van der Waals surface area (Å²) < 4.78 is 1.96. The highest BCUT2D eigenvalue weighted by molar-refractivity contribution is 5.05. The van der Waals surface area contributed by atoms with Gasteiger partial charge in [0.1, 0.15) is 11.6 Å². The predicted octanol–water partition coefficient (Wildman–Crippen LogP) is 1.18. The molecule has 5 heteroatoms. The van der Waals surface area contributed by atoms with E-state index in [0.717, 1.165) is 12.2 Å². The molecule has 0 aliphatic carbocycles. The fourth-order valence-corrected chi connectivity index (χ4v) is 1.71. The van der Waals surface area contributed by atoms with E-state index in [1.54, 1.807) is 18.5 Å². The number of aliphatic hydroxyl groups is 1. The molecule has 2 rings (SSSR count). The molecule has 0 saturated heterocycles. The van der Waals surface area contributed by atoms with E-state index in [1.165, 1.54) is 0 Å². The molecule has 2 aromatic rings. The first-order chi connectivity index (χ1) is 8.16. The molecule has 1 unspecified atom stereocenters. The second kappa shape index (κ2) is 5.05. The van der Waals surface area contributed by atoms with Crippen molar-refractivity contribution in [3.63, 3.8) is 0 Å². The van der Waals surface area contributed by atoms with E-state index in [9.17, 15) is 5.11 Å². The molecule has 0 aliphatic rings. The lowest BCUT2D eigenvalue weighted by Gasteiger charge is -2.10. The second-order valence-corrected chi connectivity index (χ2v) is 4.04. The number of hydrogen-bond acceptors (Lipinski definition) is 4. The minimum Gasteiger partial charge on any atom is -0.387 e. The van der Waals surface area contributed by atoms with Gasteiger partial charge in [0.15, 0.2) is 0 Å². The third-order valence-electron chi connectivity index (χ3n) is 2.70. The minimum atomic E-state index is -0.562. The lowest BCUT2D eigenvalue weighted by atomic mass is 10.1. The van der Waals surface area contributed by atoms with Crippen LogP contribution in [0.15, 0.2) is 24.7 Å². The highest BCUT2D eigenvalue weighted by Crippen LogP contribution is 2.16. The van der Waals surface area contributed by atoms with Crippen LogP contribution in [0.5, 0.6) is 0 Å². The van der Waals surface area contributed by atoms with Gasteiger partial charge >= 0.3 is 0 Å². The van der Waals surface area contributed by atoms with Crippen LogP contribution in [0.2, 0.25) is 0 Å². The Morgan fingerprint density at radius 2 is 2.18 bits per heavy atom. The van der Waals surface area contributed by atoms with Gasteiger partial charge in [-0.05, 0) is 19.4 Å². The zero-order valence-corrected chi connectivity index (χ0v) is 10.0. The molecule has 0 radical (unpaired) electrons. The summed E-state index contributed by atoms with van der Waals surface area (Å²) >= 11 is 0. The third kappa shape index (κ3) is 2.88. The summed E-state index contributed by atoms with van der Waals surface area (Å²) in [7, 11) is 1.95. The van der Waals surface area contributed by atoms with Crippen LogP contribution >= 0.6 is 0 Å². The van der Waals surface area contributed by atoms with Crippen LogP contribution in [-0.4, -0.2) is 24.6 Å².